The molecule has 2 aliphatic heterocycles. The molecule has 2 saturated heterocycles. The van der Waals surface area contributed by atoms with Gasteiger partial charge in [0.2, 0.25) is 5.91 Å². The van der Waals surface area contributed by atoms with Gasteiger partial charge in [0, 0.05) is 50.0 Å². The summed E-state index contributed by atoms with van der Waals surface area (Å²) in [5, 5.41) is 11.6. The lowest BCUT2D eigenvalue weighted by atomic mass is 9.70. The van der Waals surface area contributed by atoms with Gasteiger partial charge in [-0.3, -0.25) is 4.79 Å². The van der Waals surface area contributed by atoms with E-state index in [1.54, 1.807) is 0 Å². The summed E-state index contributed by atoms with van der Waals surface area (Å²) < 4.78 is 28.2. The summed E-state index contributed by atoms with van der Waals surface area (Å²) in [6, 6.07) is 13.3. The first-order valence-corrected chi connectivity index (χ1v) is 12.0. The molecule has 4 nitrogen and oxygen atoms in total. The molecular formula is C27H35ClF2N2O2. The second-order valence-electron chi connectivity index (χ2n) is 9.88. The molecule has 2 aromatic carbocycles. The van der Waals surface area contributed by atoms with Crippen LogP contribution in [0.15, 0.2) is 48.5 Å². The van der Waals surface area contributed by atoms with E-state index in [0.29, 0.717) is 31.7 Å². The minimum atomic E-state index is -1.01. The Hall–Kier alpha value is -2.02. The average Bonchev–Trinajstić information content (AvgIpc) is 3.21. The fourth-order valence-corrected chi connectivity index (χ4v) is 5.94. The van der Waals surface area contributed by atoms with Crippen LogP contribution < -0.4 is 0 Å². The third-order valence-electron chi connectivity index (χ3n) is 7.65. The van der Waals surface area contributed by atoms with Gasteiger partial charge in [-0.1, -0.05) is 57.2 Å². The normalized spacial score (nSPS) is 29.6. The van der Waals surface area contributed by atoms with Gasteiger partial charge in [-0.05, 0) is 30.2 Å². The number of halogens is 3. The van der Waals surface area contributed by atoms with Gasteiger partial charge in [-0.25, -0.2) is 8.78 Å². The van der Waals surface area contributed by atoms with Gasteiger partial charge in [0.1, 0.15) is 11.6 Å². The van der Waals surface area contributed by atoms with Gasteiger partial charge in [-0.15, -0.1) is 12.4 Å². The molecule has 5 atom stereocenters. The molecule has 0 aliphatic carbocycles. The van der Waals surface area contributed by atoms with Crippen LogP contribution in [0, 0.1) is 29.4 Å². The number of hydrogen-bond acceptors (Lipinski definition) is 3. The highest BCUT2D eigenvalue weighted by Crippen LogP contribution is 2.43. The minimum absolute atomic E-state index is 0. The maximum atomic E-state index is 14.7. The van der Waals surface area contributed by atoms with Crippen LogP contribution in [0.3, 0.4) is 0 Å². The first-order chi connectivity index (χ1) is 15.8. The molecule has 34 heavy (non-hydrogen) atoms. The number of carbonyl (C=O) groups excluding carboxylic acids is 1. The first-order valence-electron chi connectivity index (χ1n) is 12.0. The molecule has 1 unspecified atom stereocenters. The topological polar surface area (TPSA) is 43.8 Å². The summed E-state index contributed by atoms with van der Waals surface area (Å²) in [4.78, 5) is 17.8. The molecule has 2 aliphatic rings. The zero-order valence-corrected chi connectivity index (χ0v) is 20.9. The summed E-state index contributed by atoms with van der Waals surface area (Å²) in [6.07, 6.45) is 0.946. The predicted molar refractivity (Wildman–Crippen MR) is 132 cm³/mol. The van der Waals surface area contributed by atoms with Crippen molar-refractivity contribution in [2.75, 3.05) is 32.7 Å². The van der Waals surface area contributed by atoms with Crippen molar-refractivity contribution in [3.8, 4) is 0 Å². The minimum Gasteiger partial charge on any atom is -0.384 e. The van der Waals surface area contributed by atoms with Crippen molar-refractivity contribution in [1.82, 2.24) is 9.80 Å². The van der Waals surface area contributed by atoms with E-state index in [0.717, 1.165) is 24.6 Å². The summed E-state index contributed by atoms with van der Waals surface area (Å²) in [7, 11) is 0. The van der Waals surface area contributed by atoms with E-state index < -0.39 is 17.2 Å². The number of aliphatic hydroxyl groups is 1. The molecule has 0 aromatic heterocycles. The third kappa shape index (κ3) is 4.86. The Balaban J connectivity index is 0.00000324. The number of hydrogen-bond donors (Lipinski definition) is 1. The van der Waals surface area contributed by atoms with E-state index in [1.165, 1.54) is 12.1 Å². The maximum absolute atomic E-state index is 14.7. The fourth-order valence-electron chi connectivity index (χ4n) is 5.94. The number of likely N-dealkylation sites (tertiary alicyclic amines) is 2. The average molecular weight is 493 g/mol. The maximum Gasteiger partial charge on any atom is 0.227 e. The van der Waals surface area contributed by atoms with Crippen LogP contribution in [-0.4, -0.2) is 53.5 Å². The lowest BCUT2D eigenvalue weighted by Gasteiger charge is -2.48. The Bertz CT molecular complexity index is 978. The molecule has 2 aromatic rings. The summed E-state index contributed by atoms with van der Waals surface area (Å²) >= 11 is 0. The van der Waals surface area contributed by atoms with Crippen molar-refractivity contribution >= 4 is 18.3 Å². The number of amides is 1. The van der Waals surface area contributed by atoms with Gasteiger partial charge >= 0.3 is 0 Å². The Labute approximate surface area is 207 Å². The molecule has 0 radical (unpaired) electrons. The number of piperidine rings is 1. The van der Waals surface area contributed by atoms with Crippen molar-refractivity contribution in [3.05, 3.63) is 71.3 Å². The van der Waals surface area contributed by atoms with Crippen LogP contribution >= 0.6 is 12.4 Å². The molecule has 1 N–H and O–H groups in total. The lowest BCUT2D eigenvalue weighted by Crippen LogP contribution is -2.57. The molecule has 2 fully saturated rings. The number of carbonyl (C=O) groups is 1. The zero-order chi connectivity index (χ0) is 23.8. The van der Waals surface area contributed by atoms with E-state index >= 15 is 0 Å². The highest BCUT2D eigenvalue weighted by atomic mass is 35.5. The Kier molecular flexibility index (Phi) is 8.38. The molecule has 0 saturated carbocycles. The standard InChI is InChI=1S/C27H34F2N2O2.ClH/c1-4-12-30-16-23(22-11-10-21(28)13-25(22)29)24(17-30)26(32)31-14-18(2)27(33,19(3)15-31)20-8-6-5-7-9-20;/h5-11,13,18-19,23-24,33H,4,12,14-17H2,1-3H3;1H/t18-,19+,23-,24+,27?;/m0./s1. The van der Waals surface area contributed by atoms with Gasteiger partial charge in [0.25, 0.3) is 0 Å². The molecule has 1 amide bonds. The Morgan fingerprint density at radius 3 is 2.26 bits per heavy atom. The van der Waals surface area contributed by atoms with Gasteiger partial charge in [-0.2, -0.15) is 0 Å². The second-order valence-corrected chi connectivity index (χ2v) is 9.88. The van der Waals surface area contributed by atoms with E-state index in [2.05, 4.69) is 11.8 Å². The highest BCUT2D eigenvalue weighted by molar-refractivity contribution is 5.85. The zero-order valence-electron chi connectivity index (χ0n) is 20.1. The van der Waals surface area contributed by atoms with Crippen LogP contribution in [0.1, 0.15) is 44.2 Å². The van der Waals surface area contributed by atoms with E-state index in [1.807, 2.05) is 49.1 Å². The quantitative estimate of drug-likeness (QED) is 0.651. The van der Waals surface area contributed by atoms with Crippen molar-refractivity contribution in [3.63, 3.8) is 0 Å². The van der Waals surface area contributed by atoms with Crippen LogP contribution in [-0.2, 0) is 10.4 Å². The van der Waals surface area contributed by atoms with Crippen molar-refractivity contribution in [2.24, 2.45) is 17.8 Å². The monoisotopic (exact) mass is 492 g/mol. The first kappa shape index (κ1) is 26.6. The number of benzene rings is 2. The van der Waals surface area contributed by atoms with Crippen LogP contribution in [0.2, 0.25) is 0 Å². The largest absolute Gasteiger partial charge is 0.384 e. The molecule has 4 rings (SSSR count). The fraction of sp³-hybridized carbons (Fsp3) is 0.519. The third-order valence-corrected chi connectivity index (χ3v) is 7.65. The van der Waals surface area contributed by atoms with Crippen LogP contribution in [0.4, 0.5) is 8.78 Å². The van der Waals surface area contributed by atoms with E-state index in [4.69, 9.17) is 0 Å². The van der Waals surface area contributed by atoms with Crippen molar-refractivity contribution < 1.29 is 18.7 Å². The van der Waals surface area contributed by atoms with Crippen LogP contribution in [0.5, 0.6) is 0 Å². The summed E-state index contributed by atoms with van der Waals surface area (Å²) in [6.45, 7) is 8.92. The summed E-state index contributed by atoms with van der Waals surface area (Å²) in [5.41, 5.74) is 0.273. The molecule has 0 bridgehead atoms. The SMILES string of the molecule is CCCN1C[C@@H](C(=O)N2C[C@@H](C)C(O)(c3ccccc3)[C@@H](C)C2)[C@H](c2ccc(F)cc2F)C1.Cl. The van der Waals surface area contributed by atoms with Gasteiger partial charge in [0.05, 0.1) is 11.5 Å². The van der Waals surface area contributed by atoms with E-state index in [9.17, 15) is 18.7 Å². The molecule has 186 valence electrons. The summed E-state index contributed by atoms with van der Waals surface area (Å²) in [5.74, 6) is -2.21. The van der Waals surface area contributed by atoms with E-state index in [-0.39, 0.29) is 42.0 Å². The molecule has 2 heterocycles. The van der Waals surface area contributed by atoms with Gasteiger partial charge < -0.3 is 14.9 Å². The van der Waals surface area contributed by atoms with Gasteiger partial charge in [0.15, 0.2) is 0 Å². The highest BCUT2D eigenvalue weighted by Gasteiger charge is 2.49. The Morgan fingerprint density at radius 1 is 1.03 bits per heavy atom. The number of nitrogens with zero attached hydrogens (tertiary/aromatic N) is 2. The van der Waals surface area contributed by atoms with Crippen LogP contribution in [0.25, 0.3) is 0 Å². The van der Waals surface area contributed by atoms with Crippen molar-refractivity contribution in [1.29, 1.82) is 0 Å². The second kappa shape index (κ2) is 10.7. The lowest BCUT2D eigenvalue weighted by molar-refractivity contribution is -0.152. The van der Waals surface area contributed by atoms with Crippen molar-refractivity contribution in [2.45, 2.75) is 38.7 Å². The smallest absolute Gasteiger partial charge is 0.227 e. The molecular weight excluding hydrogens is 458 g/mol. The predicted octanol–water partition coefficient (Wildman–Crippen LogP) is 4.81. The molecule has 7 heteroatoms. The number of rotatable bonds is 5. The Morgan fingerprint density at radius 2 is 1.68 bits per heavy atom. The molecule has 0 spiro atoms.